The number of carboxylic acid groups (broad SMARTS) is 1. The predicted octanol–water partition coefficient (Wildman–Crippen LogP) is 1.29. The van der Waals surface area contributed by atoms with Gasteiger partial charge in [0, 0.05) is 50.3 Å². The Labute approximate surface area is 199 Å². The second-order valence-electron chi connectivity index (χ2n) is 9.68. The Kier molecular flexibility index (Phi) is 7.82. The number of allylic oxidation sites excluding steroid dienone is 2. The first kappa shape index (κ1) is 24.2. The maximum absolute atomic E-state index is 13.1. The van der Waals surface area contributed by atoms with Gasteiger partial charge in [0.15, 0.2) is 0 Å². The van der Waals surface area contributed by atoms with Crippen LogP contribution in [-0.2, 0) is 16.1 Å². The van der Waals surface area contributed by atoms with Crippen molar-refractivity contribution >= 4 is 18.3 Å². The highest BCUT2D eigenvalue weighted by Crippen LogP contribution is 2.36. The Morgan fingerprint density at radius 2 is 1.79 bits per heavy atom. The van der Waals surface area contributed by atoms with Gasteiger partial charge >= 0.3 is 0 Å². The third-order valence-corrected chi connectivity index (χ3v) is 7.43. The van der Waals surface area contributed by atoms with E-state index in [0.29, 0.717) is 26.2 Å². The number of pyridine rings is 1. The van der Waals surface area contributed by atoms with E-state index in [0.717, 1.165) is 44.6 Å². The molecule has 9 heteroatoms. The minimum Gasteiger partial charge on any atom is -0.483 e. The number of rotatable bonds is 5. The molecule has 3 aliphatic heterocycles. The molecule has 0 spiro atoms. The third-order valence-electron chi connectivity index (χ3n) is 7.43. The SMILES string of the molecule is O=C(NCCN1CCCC1)c1ccc2n(c1=O)C[C@H]1C[C@@H]2CN(C(=O)C2CC=CC2)C1.O=CO. The number of hydrogen-bond acceptors (Lipinski definition) is 5. The summed E-state index contributed by atoms with van der Waals surface area (Å²) in [5, 5.41) is 9.81. The fourth-order valence-corrected chi connectivity index (χ4v) is 5.80. The number of carbonyl (C=O) groups is 3. The zero-order chi connectivity index (χ0) is 24.1. The molecule has 34 heavy (non-hydrogen) atoms. The van der Waals surface area contributed by atoms with Gasteiger partial charge in [0.2, 0.25) is 5.91 Å². The number of fused-ring (bicyclic) bond motifs is 4. The van der Waals surface area contributed by atoms with Crippen molar-refractivity contribution in [2.75, 3.05) is 39.3 Å². The van der Waals surface area contributed by atoms with E-state index in [1.807, 2.05) is 11.0 Å². The molecule has 184 valence electrons. The molecule has 1 aromatic heterocycles. The number of piperidine rings is 1. The maximum atomic E-state index is 13.1. The Balaban J connectivity index is 0.000000868. The monoisotopic (exact) mass is 470 g/mol. The van der Waals surface area contributed by atoms with Crippen LogP contribution in [0.25, 0.3) is 0 Å². The van der Waals surface area contributed by atoms with E-state index in [1.165, 1.54) is 12.8 Å². The predicted molar refractivity (Wildman–Crippen MR) is 127 cm³/mol. The standard InChI is InChI=1S/C24H32N4O3.CH2O2/c29-22(25-9-12-26-10-3-4-11-26)20-7-8-21-19-13-17(15-28(21)24(20)31)14-27(16-19)23(30)18-5-1-2-6-18;2-1-3/h1-2,7-8,17-19H,3-6,9-16H2,(H,25,29);1H,(H,2,3)/t17-,19+;/m0./s1. The number of hydrogen-bond donors (Lipinski definition) is 2. The van der Waals surface area contributed by atoms with Crippen LogP contribution in [0.2, 0.25) is 0 Å². The van der Waals surface area contributed by atoms with E-state index >= 15 is 0 Å². The lowest BCUT2D eigenvalue weighted by molar-refractivity contribution is -0.138. The van der Waals surface area contributed by atoms with Crippen LogP contribution in [-0.4, -0.2) is 77.0 Å². The smallest absolute Gasteiger partial charge is 0.290 e. The molecular weight excluding hydrogens is 436 g/mol. The lowest BCUT2D eigenvalue weighted by Crippen LogP contribution is -2.51. The second-order valence-corrected chi connectivity index (χ2v) is 9.68. The molecule has 0 aromatic carbocycles. The molecule has 2 N–H and O–H groups in total. The zero-order valence-electron chi connectivity index (χ0n) is 19.5. The van der Waals surface area contributed by atoms with Gasteiger partial charge in [0.1, 0.15) is 5.56 Å². The third kappa shape index (κ3) is 5.24. The second kappa shape index (κ2) is 11.0. The van der Waals surface area contributed by atoms with Crippen LogP contribution in [0.4, 0.5) is 0 Å². The van der Waals surface area contributed by atoms with Gasteiger partial charge in [-0.2, -0.15) is 0 Å². The molecule has 4 aliphatic rings. The minimum atomic E-state index is -0.277. The van der Waals surface area contributed by atoms with Crippen molar-refractivity contribution in [3.8, 4) is 0 Å². The molecule has 2 amide bonds. The Hall–Kier alpha value is -2.94. The molecule has 4 heterocycles. The van der Waals surface area contributed by atoms with Crippen molar-refractivity contribution < 1.29 is 19.5 Å². The van der Waals surface area contributed by atoms with Gasteiger partial charge in [-0.15, -0.1) is 0 Å². The van der Waals surface area contributed by atoms with Crippen LogP contribution in [0.3, 0.4) is 0 Å². The molecule has 1 aliphatic carbocycles. The van der Waals surface area contributed by atoms with E-state index < -0.39 is 0 Å². The summed E-state index contributed by atoms with van der Waals surface area (Å²) in [5.41, 5.74) is 1.01. The molecule has 2 bridgehead atoms. The van der Waals surface area contributed by atoms with E-state index in [1.54, 1.807) is 10.6 Å². The molecule has 0 radical (unpaired) electrons. The van der Waals surface area contributed by atoms with Gasteiger partial charge in [-0.3, -0.25) is 19.2 Å². The fourth-order valence-electron chi connectivity index (χ4n) is 5.80. The van der Waals surface area contributed by atoms with Crippen molar-refractivity contribution in [1.82, 2.24) is 19.7 Å². The molecule has 0 saturated carbocycles. The summed E-state index contributed by atoms with van der Waals surface area (Å²) in [6.45, 7) is 5.32. The molecule has 2 fully saturated rings. The lowest BCUT2D eigenvalue weighted by atomic mass is 9.82. The summed E-state index contributed by atoms with van der Waals surface area (Å²) in [6.07, 6.45) is 9.34. The van der Waals surface area contributed by atoms with Crippen molar-refractivity contribution in [2.24, 2.45) is 11.8 Å². The first-order valence-electron chi connectivity index (χ1n) is 12.3. The van der Waals surface area contributed by atoms with Crippen molar-refractivity contribution in [2.45, 2.75) is 44.6 Å². The highest BCUT2D eigenvalue weighted by atomic mass is 16.3. The van der Waals surface area contributed by atoms with Crippen LogP contribution < -0.4 is 10.9 Å². The van der Waals surface area contributed by atoms with Gasteiger partial charge in [-0.05, 0) is 63.2 Å². The quantitative estimate of drug-likeness (QED) is 0.495. The Morgan fingerprint density at radius 1 is 1.09 bits per heavy atom. The number of likely N-dealkylation sites (tertiary alicyclic amines) is 2. The number of aromatic nitrogens is 1. The van der Waals surface area contributed by atoms with Crippen LogP contribution >= 0.6 is 0 Å². The van der Waals surface area contributed by atoms with Crippen LogP contribution in [0.15, 0.2) is 29.1 Å². The Bertz CT molecular complexity index is 990. The summed E-state index contributed by atoms with van der Waals surface area (Å²) in [5.74, 6) is 0.513. The summed E-state index contributed by atoms with van der Waals surface area (Å²) < 4.78 is 1.80. The molecule has 0 unspecified atom stereocenters. The largest absolute Gasteiger partial charge is 0.483 e. The summed E-state index contributed by atoms with van der Waals surface area (Å²) >= 11 is 0. The van der Waals surface area contributed by atoms with E-state index in [9.17, 15) is 14.4 Å². The van der Waals surface area contributed by atoms with Gasteiger partial charge in [0.05, 0.1) is 0 Å². The van der Waals surface area contributed by atoms with Crippen molar-refractivity contribution in [3.05, 3.63) is 45.9 Å². The molecule has 2 saturated heterocycles. The molecule has 9 nitrogen and oxygen atoms in total. The van der Waals surface area contributed by atoms with Crippen molar-refractivity contribution in [3.63, 3.8) is 0 Å². The zero-order valence-corrected chi connectivity index (χ0v) is 19.5. The summed E-state index contributed by atoms with van der Waals surface area (Å²) in [6, 6.07) is 3.62. The first-order chi connectivity index (χ1) is 16.5. The number of amides is 2. The van der Waals surface area contributed by atoms with Gasteiger partial charge in [-0.1, -0.05) is 12.2 Å². The fraction of sp³-hybridized carbons (Fsp3) is 0.600. The number of nitrogens with one attached hydrogen (secondary N) is 1. The highest BCUT2D eigenvalue weighted by Gasteiger charge is 2.38. The highest BCUT2D eigenvalue weighted by molar-refractivity contribution is 5.93. The maximum Gasteiger partial charge on any atom is 0.290 e. The Morgan fingerprint density at radius 3 is 2.50 bits per heavy atom. The average Bonchev–Trinajstić information content (AvgIpc) is 3.54. The van der Waals surface area contributed by atoms with E-state index in [-0.39, 0.29) is 47.2 Å². The lowest BCUT2D eigenvalue weighted by Gasteiger charge is -2.43. The van der Waals surface area contributed by atoms with Gasteiger partial charge < -0.3 is 24.8 Å². The van der Waals surface area contributed by atoms with Crippen LogP contribution in [0, 0.1) is 11.8 Å². The minimum absolute atomic E-state index is 0.0904. The van der Waals surface area contributed by atoms with E-state index in [2.05, 4.69) is 22.4 Å². The average molecular weight is 471 g/mol. The van der Waals surface area contributed by atoms with Crippen LogP contribution in [0.1, 0.15) is 54.1 Å². The summed E-state index contributed by atoms with van der Waals surface area (Å²) in [7, 11) is 0. The number of carbonyl (C=O) groups excluding carboxylic acids is 2. The first-order valence-corrected chi connectivity index (χ1v) is 12.3. The van der Waals surface area contributed by atoms with E-state index in [4.69, 9.17) is 9.90 Å². The van der Waals surface area contributed by atoms with Crippen LogP contribution in [0.5, 0.6) is 0 Å². The van der Waals surface area contributed by atoms with Crippen molar-refractivity contribution in [1.29, 1.82) is 0 Å². The molecule has 5 rings (SSSR count). The number of nitrogens with zero attached hydrogens (tertiary/aromatic N) is 3. The summed E-state index contributed by atoms with van der Waals surface area (Å²) in [4.78, 5) is 51.4. The molecule has 1 aromatic rings. The molecular formula is C25H34N4O5. The topological polar surface area (TPSA) is 112 Å². The van der Waals surface area contributed by atoms with Gasteiger partial charge in [0.25, 0.3) is 17.9 Å². The normalized spacial score (nSPS) is 23.7. The molecule has 2 atom stereocenters. The van der Waals surface area contributed by atoms with Gasteiger partial charge in [-0.25, -0.2) is 0 Å².